The van der Waals surface area contributed by atoms with E-state index in [0.717, 1.165) is 50.6 Å². The van der Waals surface area contributed by atoms with Gasteiger partial charge in [-0.25, -0.2) is 0 Å². The van der Waals surface area contributed by atoms with E-state index in [-0.39, 0.29) is 11.9 Å². The zero-order valence-corrected chi connectivity index (χ0v) is 18.0. The highest BCUT2D eigenvalue weighted by atomic mass is 35.5. The molecule has 29 heavy (non-hydrogen) atoms. The van der Waals surface area contributed by atoms with E-state index < -0.39 is 0 Å². The first kappa shape index (κ1) is 21.8. The SMILES string of the molecule is Cc1c(Cl)cccc1NC(=O)CN(Cc1ccccc1)C(C)CN1CCOCC1. The van der Waals surface area contributed by atoms with E-state index in [2.05, 4.69) is 34.2 Å². The number of hydrogen-bond donors (Lipinski definition) is 1. The lowest BCUT2D eigenvalue weighted by Crippen LogP contribution is -2.47. The van der Waals surface area contributed by atoms with Crippen LogP contribution in [0.3, 0.4) is 0 Å². The smallest absolute Gasteiger partial charge is 0.238 e. The number of anilines is 1. The Hall–Kier alpha value is -1.92. The molecule has 1 saturated heterocycles. The third-order valence-electron chi connectivity index (χ3n) is 5.37. The summed E-state index contributed by atoms with van der Waals surface area (Å²) in [6, 6.07) is 16.1. The molecule has 2 aromatic rings. The summed E-state index contributed by atoms with van der Waals surface area (Å²) < 4.78 is 5.46. The minimum atomic E-state index is -0.0277. The number of carbonyl (C=O) groups is 1. The van der Waals surface area contributed by atoms with Crippen molar-refractivity contribution in [3.63, 3.8) is 0 Å². The summed E-state index contributed by atoms with van der Waals surface area (Å²) in [6.45, 7) is 9.52. The number of amides is 1. The first-order valence-corrected chi connectivity index (χ1v) is 10.5. The Balaban J connectivity index is 1.67. The van der Waals surface area contributed by atoms with Gasteiger partial charge in [-0.2, -0.15) is 0 Å². The number of ether oxygens (including phenoxy) is 1. The molecule has 5 nitrogen and oxygen atoms in total. The highest BCUT2D eigenvalue weighted by molar-refractivity contribution is 6.31. The van der Waals surface area contributed by atoms with Gasteiger partial charge in [-0.1, -0.05) is 48.0 Å². The number of nitrogens with one attached hydrogen (secondary N) is 1. The molecular formula is C23H30ClN3O2. The number of benzene rings is 2. The van der Waals surface area contributed by atoms with Gasteiger partial charge < -0.3 is 10.1 Å². The number of carbonyl (C=O) groups excluding carboxylic acids is 1. The quantitative estimate of drug-likeness (QED) is 0.712. The van der Waals surface area contributed by atoms with Crippen molar-refractivity contribution in [1.29, 1.82) is 0 Å². The molecule has 0 saturated carbocycles. The molecule has 1 heterocycles. The van der Waals surface area contributed by atoms with Crippen LogP contribution in [-0.2, 0) is 16.1 Å². The van der Waals surface area contributed by atoms with Gasteiger partial charge in [-0.3, -0.25) is 14.6 Å². The van der Waals surface area contributed by atoms with Gasteiger partial charge in [-0.05, 0) is 37.1 Å². The van der Waals surface area contributed by atoms with Gasteiger partial charge in [0.05, 0.1) is 19.8 Å². The fourth-order valence-corrected chi connectivity index (χ4v) is 3.75. The highest BCUT2D eigenvalue weighted by Gasteiger charge is 2.22. The topological polar surface area (TPSA) is 44.8 Å². The zero-order valence-electron chi connectivity index (χ0n) is 17.2. The molecule has 1 N–H and O–H groups in total. The average molecular weight is 416 g/mol. The van der Waals surface area contributed by atoms with Crippen LogP contribution in [0.1, 0.15) is 18.1 Å². The predicted molar refractivity (Wildman–Crippen MR) is 118 cm³/mol. The minimum absolute atomic E-state index is 0.0277. The van der Waals surface area contributed by atoms with Crippen LogP contribution in [0.4, 0.5) is 5.69 Å². The van der Waals surface area contributed by atoms with Crippen LogP contribution in [0.25, 0.3) is 0 Å². The molecule has 0 aliphatic carbocycles. The summed E-state index contributed by atoms with van der Waals surface area (Å²) in [7, 11) is 0. The molecule has 0 spiro atoms. The summed E-state index contributed by atoms with van der Waals surface area (Å²) in [5.41, 5.74) is 2.86. The van der Waals surface area contributed by atoms with Crippen molar-refractivity contribution in [2.24, 2.45) is 0 Å². The summed E-state index contributed by atoms with van der Waals surface area (Å²) >= 11 is 6.19. The third kappa shape index (κ3) is 6.54. The van der Waals surface area contributed by atoms with E-state index in [1.165, 1.54) is 5.56 Å². The fourth-order valence-electron chi connectivity index (χ4n) is 3.58. The van der Waals surface area contributed by atoms with E-state index in [0.29, 0.717) is 11.6 Å². The molecule has 1 amide bonds. The van der Waals surface area contributed by atoms with E-state index in [4.69, 9.17) is 16.3 Å². The molecule has 6 heteroatoms. The first-order valence-electron chi connectivity index (χ1n) is 10.2. The van der Waals surface area contributed by atoms with Crippen LogP contribution < -0.4 is 5.32 Å². The molecule has 3 rings (SSSR count). The molecule has 0 bridgehead atoms. The maximum Gasteiger partial charge on any atom is 0.238 e. The normalized spacial score (nSPS) is 16.0. The van der Waals surface area contributed by atoms with Crippen LogP contribution in [0.2, 0.25) is 5.02 Å². The van der Waals surface area contributed by atoms with Crippen LogP contribution >= 0.6 is 11.6 Å². The number of rotatable bonds is 8. The Kier molecular flexibility index (Phi) is 8.07. The maximum atomic E-state index is 12.8. The molecule has 1 unspecified atom stereocenters. The van der Waals surface area contributed by atoms with Crippen molar-refractivity contribution >= 4 is 23.2 Å². The van der Waals surface area contributed by atoms with Crippen molar-refractivity contribution in [2.45, 2.75) is 26.4 Å². The van der Waals surface area contributed by atoms with E-state index in [9.17, 15) is 4.79 Å². The fraction of sp³-hybridized carbons (Fsp3) is 0.435. The minimum Gasteiger partial charge on any atom is -0.379 e. The second-order valence-electron chi connectivity index (χ2n) is 7.61. The maximum absolute atomic E-state index is 12.8. The van der Waals surface area contributed by atoms with E-state index in [1.54, 1.807) is 0 Å². The molecule has 1 atom stereocenters. The summed E-state index contributed by atoms with van der Waals surface area (Å²) in [5, 5.41) is 3.68. The van der Waals surface area contributed by atoms with Gasteiger partial charge in [0.2, 0.25) is 5.91 Å². The highest BCUT2D eigenvalue weighted by Crippen LogP contribution is 2.23. The predicted octanol–water partition coefficient (Wildman–Crippen LogP) is 3.81. The lowest BCUT2D eigenvalue weighted by atomic mass is 10.1. The van der Waals surface area contributed by atoms with Crippen LogP contribution in [0, 0.1) is 6.92 Å². The number of nitrogens with zero attached hydrogens (tertiary/aromatic N) is 2. The third-order valence-corrected chi connectivity index (χ3v) is 5.78. The Bertz CT molecular complexity index is 794. The largest absolute Gasteiger partial charge is 0.379 e. The molecular weight excluding hydrogens is 386 g/mol. The van der Waals surface area contributed by atoms with E-state index >= 15 is 0 Å². The number of halogens is 1. The van der Waals surface area contributed by atoms with E-state index in [1.807, 2.05) is 43.3 Å². The van der Waals surface area contributed by atoms with Crippen molar-refractivity contribution < 1.29 is 9.53 Å². The Morgan fingerprint density at radius 3 is 2.62 bits per heavy atom. The molecule has 1 aliphatic rings. The second kappa shape index (κ2) is 10.7. The standard InChI is InChI=1S/C23H30ClN3O2/c1-18(15-26-11-13-29-14-12-26)27(16-20-7-4-3-5-8-20)17-23(28)25-22-10-6-9-21(24)19(22)2/h3-10,18H,11-17H2,1-2H3,(H,25,28). The van der Waals surface area contributed by atoms with Crippen molar-refractivity contribution in [1.82, 2.24) is 9.80 Å². The molecule has 156 valence electrons. The van der Waals surface area contributed by atoms with Gasteiger partial charge in [0.15, 0.2) is 0 Å². The molecule has 2 aromatic carbocycles. The lowest BCUT2D eigenvalue weighted by Gasteiger charge is -2.34. The second-order valence-corrected chi connectivity index (χ2v) is 8.02. The average Bonchev–Trinajstić information content (AvgIpc) is 2.72. The summed E-state index contributed by atoms with van der Waals surface area (Å²) in [6.07, 6.45) is 0. The lowest BCUT2D eigenvalue weighted by molar-refractivity contribution is -0.118. The zero-order chi connectivity index (χ0) is 20.6. The van der Waals surface area contributed by atoms with Gasteiger partial charge >= 0.3 is 0 Å². The first-order chi connectivity index (χ1) is 14.0. The molecule has 0 radical (unpaired) electrons. The Morgan fingerprint density at radius 1 is 1.17 bits per heavy atom. The molecule has 1 fully saturated rings. The van der Waals surface area contributed by atoms with Gasteiger partial charge in [-0.15, -0.1) is 0 Å². The van der Waals surface area contributed by atoms with Gasteiger partial charge in [0.1, 0.15) is 0 Å². The van der Waals surface area contributed by atoms with Gasteiger partial charge in [0.25, 0.3) is 0 Å². The van der Waals surface area contributed by atoms with Crippen LogP contribution in [0.5, 0.6) is 0 Å². The molecule has 1 aliphatic heterocycles. The Morgan fingerprint density at radius 2 is 1.90 bits per heavy atom. The van der Waals surface area contributed by atoms with Gasteiger partial charge in [0, 0.05) is 42.9 Å². The van der Waals surface area contributed by atoms with Crippen molar-refractivity contribution in [3.05, 3.63) is 64.7 Å². The number of hydrogen-bond acceptors (Lipinski definition) is 4. The van der Waals surface area contributed by atoms with Crippen LogP contribution in [0.15, 0.2) is 48.5 Å². The Labute approximate surface area is 178 Å². The van der Waals surface area contributed by atoms with Crippen molar-refractivity contribution in [2.75, 3.05) is 44.7 Å². The number of morpholine rings is 1. The summed E-state index contributed by atoms with van der Waals surface area (Å²) in [4.78, 5) is 17.5. The monoisotopic (exact) mass is 415 g/mol. The van der Waals surface area contributed by atoms with Crippen LogP contribution in [-0.4, -0.2) is 61.1 Å². The molecule has 0 aromatic heterocycles. The summed E-state index contributed by atoms with van der Waals surface area (Å²) in [5.74, 6) is -0.0277. The van der Waals surface area contributed by atoms with Crippen molar-refractivity contribution in [3.8, 4) is 0 Å².